The highest BCUT2D eigenvalue weighted by molar-refractivity contribution is 5.83. The van der Waals surface area contributed by atoms with Gasteiger partial charge in [0.05, 0.1) is 0 Å². The molecule has 6 nitrogen and oxygen atoms in total. The number of carboxylic acids is 1. The Hall–Kier alpha value is -1.30. The number of carbonyl (C=O) groups excluding carboxylic acids is 1. The summed E-state index contributed by atoms with van der Waals surface area (Å²) in [5.74, 6) is -1.05. The third-order valence-corrected chi connectivity index (χ3v) is 4.07. The second-order valence-electron chi connectivity index (χ2n) is 5.81. The van der Waals surface area contributed by atoms with Crippen LogP contribution in [0, 0.1) is 5.92 Å². The monoisotopic (exact) mass is 285 g/mol. The second kappa shape index (κ2) is 7.47. The predicted molar refractivity (Wildman–Crippen MR) is 77.7 cm³/mol. The van der Waals surface area contributed by atoms with E-state index in [-0.39, 0.29) is 18.0 Å². The molecule has 1 saturated heterocycles. The van der Waals surface area contributed by atoms with Crippen molar-refractivity contribution in [2.75, 3.05) is 26.7 Å². The summed E-state index contributed by atoms with van der Waals surface area (Å²) < 4.78 is 0. The molecule has 20 heavy (non-hydrogen) atoms. The van der Waals surface area contributed by atoms with Gasteiger partial charge in [0, 0.05) is 19.1 Å². The number of amides is 2. The molecule has 0 spiro atoms. The first kappa shape index (κ1) is 16.8. The number of carbonyl (C=O) groups is 2. The SMILES string of the molecule is CCC(C)C(NC(=O)N1CCCN(C)CC1C)C(=O)O. The summed E-state index contributed by atoms with van der Waals surface area (Å²) in [6.45, 7) is 8.22. The number of hydrogen-bond donors (Lipinski definition) is 2. The van der Waals surface area contributed by atoms with E-state index in [1.54, 1.807) is 4.90 Å². The first-order chi connectivity index (χ1) is 9.36. The van der Waals surface area contributed by atoms with Crippen LogP contribution < -0.4 is 5.32 Å². The number of rotatable bonds is 4. The van der Waals surface area contributed by atoms with E-state index in [4.69, 9.17) is 0 Å². The van der Waals surface area contributed by atoms with Gasteiger partial charge >= 0.3 is 12.0 Å². The van der Waals surface area contributed by atoms with E-state index in [0.29, 0.717) is 6.54 Å². The fourth-order valence-corrected chi connectivity index (χ4v) is 2.57. The topological polar surface area (TPSA) is 72.9 Å². The molecule has 0 aromatic carbocycles. The number of nitrogens with one attached hydrogen (secondary N) is 1. The molecule has 2 N–H and O–H groups in total. The smallest absolute Gasteiger partial charge is 0.326 e. The summed E-state index contributed by atoms with van der Waals surface area (Å²) in [6.07, 6.45) is 1.63. The summed E-state index contributed by atoms with van der Waals surface area (Å²) in [7, 11) is 2.04. The largest absolute Gasteiger partial charge is 0.480 e. The summed E-state index contributed by atoms with van der Waals surface area (Å²) in [6, 6.07) is -0.991. The number of aliphatic carboxylic acids is 1. The summed E-state index contributed by atoms with van der Waals surface area (Å²) >= 11 is 0. The molecule has 1 aliphatic heterocycles. The van der Waals surface area contributed by atoms with Crippen LogP contribution >= 0.6 is 0 Å². The molecular formula is C14H27N3O3. The van der Waals surface area contributed by atoms with Gasteiger partial charge in [-0.2, -0.15) is 0 Å². The Morgan fingerprint density at radius 1 is 1.40 bits per heavy atom. The van der Waals surface area contributed by atoms with Crippen molar-refractivity contribution in [1.82, 2.24) is 15.1 Å². The van der Waals surface area contributed by atoms with Crippen LogP contribution in [0.3, 0.4) is 0 Å². The molecule has 1 aliphatic rings. The highest BCUT2D eigenvalue weighted by Gasteiger charge is 2.30. The normalized spacial score (nSPS) is 23.8. The van der Waals surface area contributed by atoms with Crippen molar-refractivity contribution in [3.63, 3.8) is 0 Å². The quantitative estimate of drug-likeness (QED) is 0.814. The maximum absolute atomic E-state index is 12.3. The fraction of sp³-hybridized carbons (Fsp3) is 0.857. The van der Waals surface area contributed by atoms with Crippen molar-refractivity contribution in [3.8, 4) is 0 Å². The minimum absolute atomic E-state index is 0.0820. The molecule has 1 rings (SSSR count). The maximum Gasteiger partial charge on any atom is 0.326 e. The van der Waals surface area contributed by atoms with Crippen molar-refractivity contribution in [1.29, 1.82) is 0 Å². The third-order valence-electron chi connectivity index (χ3n) is 4.07. The van der Waals surface area contributed by atoms with Gasteiger partial charge in [-0.25, -0.2) is 9.59 Å². The van der Waals surface area contributed by atoms with Crippen LogP contribution in [0.25, 0.3) is 0 Å². The molecule has 0 saturated carbocycles. The van der Waals surface area contributed by atoms with Gasteiger partial charge in [-0.05, 0) is 32.9 Å². The van der Waals surface area contributed by atoms with Gasteiger partial charge < -0.3 is 20.2 Å². The fourth-order valence-electron chi connectivity index (χ4n) is 2.57. The lowest BCUT2D eigenvalue weighted by Crippen LogP contribution is -2.53. The van der Waals surface area contributed by atoms with E-state index >= 15 is 0 Å². The number of urea groups is 1. The predicted octanol–water partition coefficient (Wildman–Crippen LogP) is 1.22. The Bertz CT molecular complexity index is 349. The zero-order chi connectivity index (χ0) is 15.3. The van der Waals surface area contributed by atoms with E-state index < -0.39 is 12.0 Å². The summed E-state index contributed by atoms with van der Waals surface area (Å²) in [5.41, 5.74) is 0. The first-order valence-corrected chi connectivity index (χ1v) is 7.35. The van der Waals surface area contributed by atoms with Crippen molar-refractivity contribution in [3.05, 3.63) is 0 Å². The molecule has 116 valence electrons. The molecule has 0 radical (unpaired) electrons. The lowest BCUT2D eigenvalue weighted by atomic mass is 9.99. The summed E-state index contributed by atoms with van der Waals surface area (Å²) in [5, 5.41) is 11.9. The molecule has 1 fully saturated rings. The van der Waals surface area contributed by atoms with Gasteiger partial charge in [-0.1, -0.05) is 20.3 Å². The van der Waals surface area contributed by atoms with Crippen LogP contribution in [0.1, 0.15) is 33.6 Å². The van der Waals surface area contributed by atoms with E-state index in [1.807, 2.05) is 27.8 Å². The second-order valence-corrected chi connectivity index (χ2v) is 5.81. The van der Waals surface area contributed by atoms with Crippen LogP contribution in [0.5, 0.6) is 0 Å². The Morgan fingerprint density at radius 3 is 2.60 bits per heavy atom. The molecule has 0 bridgehead atoms. The maximum atomic E-state index is 12.3. The van der Waals surface area contributed by atoms with Crippen LogP contribution in [0.4, 0.5) is 4.79 Å². The van der Waals surface area contributed by atoms with Crippen LogP contribution in [-0.2, 0) is 4.79 Å². The van der Waals surface area contributed by atoms with Crippen LogP contribution in [-0.4, -0.2) is 65.7 Å². The molecule has 3 atom stereocenters. The Kier molecular flexibility index (Phi) is 6.26. The Morgan fingerprint density at radius 2 is 2.05 bits per heavy atom. The third kappa shape index (κ3) is 4.37. The minimum Gasteiger partial charge on any atom is -0.480 e. The van der Waals surface area contributed by atoms with Gasteiger partial charge in [0.2, 0.25) is 0 Å². The number of likely N-dealkylation sites (N-methyl/N-ethyl adjacent to an activating group) is 1. The highest BCUT2D eigenvalue weighted by atomic mass is 16.4. The van der Waals surface area contributed by atoms with Gasteiger partial charge in [0.15, 0.2) is 0 Å². The van der Waals surface area contributed by atoms with Crippen molar-refractivity contribution >= 4 is 12.0 Å². The van der Waals surface area contributed by atoms with E-state index in [0.717, 1.165) is 25.9 Å². The Balaban J connectivity index is 2.70. The molecule has 0 aromatic rings. The first-order valence-electron chi connectivity index (χ1n) is 7.35. The van der Waals surface area contributed by atoms with Crippen molar-refractivity contribution in [2.24, 2.45) is 5.92 Å². The van der Waals surface area contributed by atoms with Crippen LogP contribution in [0.15, 0.2) is 0 Å². The molecule has 3 unspecified atom stereocenters. The van der Waals surface area contributed by atoms with E-state index in [1.165, 1.54) is 0 Å². The van der Waals surface area contributed by atoms with Gasteiger partial charge in [0.1, 0.15) is 6.04 Å². The number of nitrogens with zero attached hydrogens (tertiary/aromatic N) is 2. The van der Waals surface area contributed by atoms with E-state index in [9.17, 15) is 14.7 Å². The molecule has 1 heterocycles. The van der Waals surface area contributed by atoms with Gasteiger partial charge in [0.25, 0.3) is 0 Å². The van der Waals surface area contributed by atoms with Crippen molar-refractivity contribution in [2.45, 2.75) is 45.7 Å². The van der Waals surface area contributed by atoms with E-state index in [2.05, 4.69) is 10.2 Å². The lowest BCUT2D eigenvalue weighted by molar-refractivity contribution is -0.140. The zero-order valence-electron chi connectivity index (χ0n) is 12.9. The standard InChI is InChI=1S/C14H27N3O3/c1-5-10(2)12(13(18)19)15-14(20)17-8-6-7-16(4)9-11(17)3/h10-12H,5-9H2,1-4H3,(H,15,20)(H,18,19). The number of hydrogen-bond acceptors (Lipinski definition) is 3. The molecule has 6 heteroatoms. The summed E-state index contributed by atoms with van der Waals surface area (Å²) in [4.78, 5) is 27.6. The molecule has 0 aromatic heterocycles. The zero-order valence-corrected chi connectivity index (χ0v) is 12.9. The van der Waals surface area contributed by atoms with Crippen LogP contribution in [0.2, 0.25) is 0 Å². The highest BCUT2D eigenvalue weighted by Crippen LogP contribution is 2.12. The average molecular weight is 285 g/mol. The van der Waals surface area contributed by atoms with Gasteiger partial charge in [-0.15, -0.1) is 0 Å². The lowest BCUT2D eigenvalue weighted by Gasteiger charge is -2.30. The molecular weight excluding hydrogens is 258 g/mol. The molecule has 0 aliphatic carbocycles. The average Bonchev–Trinajstić information content (AvgIpc) is 2.55. The van der Waals surface area contributed by atoms with Gasteiger partial charge in [-0.3, -0.25) is 0 Å². The minimum atomic E-state index is -0.965. The van der Waals surface area contributed by atoms with Crippen molar-refractivity contribution < 1.29 is 14.7 Å². The Labute approximate surface area is 121 Å². The number of carboxylic acid groups (broad SMARTS) is 1. The molecule has 2 amide bonds.